The average Bonchev–Trinajstić information content (AvgIpc) is 2.46. The highest BCUT2D eigenvalue weighted by molar-refractivity contribution is 7.88. The van der Waals surface area contributed by atoms with E-state index in [0.29, 0.717) is 19.0 Å². The molecule has 0 aromatic rings. The molecule has 6 nitrogen and oxygen atoms in total. The van der Waals surface area contributed by atoms with E-state index in [0.717, 1.165) is 31.9 Å². The van der Waals surface area contributed by atoms with Gasteiger partial charge in [0.1, 0.15) is 0 Å². The van der Waals surface area contributed by atoms with Crippen LogP contribution in [0.4, 0.5) is 0 Å². The Morgan fingerprint density at radius 1 is 1.22 bits per heavy atom. The summed E-state index contributed by atoms with van der Waals surface area (Å²) in [4.78, 5) is 6.77. The quantitative estimate of drug-likeness (QED) is 0.620. The van der Waals surface area contributed by atoms with E-state index >= 15 is 0 Å². The minimum Gasteiger partial charge on any atom is -0.356 e. The topological polar surface area (TPSA) is 65.0 Å². The summed E-state index contributed by atoms with van der Waals surface area (Å²) in [5, 5.41) is 3.50. The Morgan fingerprint density at radius 3 is 2.17 bits per heavy atom. The number of likely N-dealkylation sites (tertiary alicyclic amines) is 1. The van der Waals surface area contributed by atoms with Gasteiger partial charge in [0.15, 0.2) is 5.96 Å². The lowest BCUT2D eigenvalue weighted by Gasteiger charge is -2.62. The van der Waals surface area contributed by atoms with E-state index in [1.54, 1.807) is 4.31 Å². The molecule has 2 aliphatic rings. The van der Waals surface area contributed by atoms with Crippen molar-refractivity contribution in [2.45, 2.75) is 46.1 Å². The highest BCUT2D eigenvalue weighted by Gasteiger charge is 2.53. The molecule has 2 heterocycles. The maximum atomic E-state index is 11.6. The molecule has 0 radical (unpaired) electrons. The molecule has 2 saturated heterocycles. The average molecular weight is 345 g/mol. The first kappa shape index (κ1) is 18.5. The summed E-state index contributed by atoms with van der Waals surface area (Å²) in [6.07, 6.45) is 3.11. The Hall–Kier alpha value is -0.820. The van der Waals surface area contributed by atoms with Gasteiger partial charge in [0.05, 0.1) is 6.26 Å². The summed E-state index contributed by atoms with van der Waals surface area (Å²) in [6, 6.07) is 0. The summed E-state index contributed by atoms with van der Waals surface area (Å²) in [7, 11) is -1.21. The summed E-state index contributed by atoms with van der Waals surface area (Å²) in [6.45, 7) is 12.2. The molecule has 1 N–H and O–H groups in total. The fourth-order valence-corrected chi connectivity index (χ4v) is 4.25. The highest BCUT2D eigenvalue weighted by Crippen LogP contribution is 2.46. The number of sulfonamides is 1. The van der Waals surface area contributed by atoms with Gasteiger partial charge in [-0.15, -0.1) is 0 Å². The number of hydrogen-bond donors (Lipinski definition) is 1. The van der Waals surface area contributed by atoms with Gasteiger partial charge in [0.2, 0.25) is 10.0 Å². The summed E-state index contributed by atoms with van der Waals surface area (Å²) >= 11 is 0. The van der Waals surface area contributed by atoms with Crippen LogP contribution in [0.2, 0.25) is 0 Å². The second-order valence-electron chi connectivity index (χ2n) is 8.06. The van der Waals surface area contributed by atoms with E-state index in [1.165, 1.54) is 6.26 Å². The molecule has 23 heavy (non-hydrogen) atoms. The molecular formula is C16H32N4O2S. The van der Waals surface area contributed by atoms with E-state index < -0.39 is 10.0 Å². The summed E-state index contributed by atoms with van der Waals surface area (Å²) in [5.41, 5.74) is 0.375. The van der Waals surface area contributed by atoms with Crippen LogP contribution in [0.15, 0.2) is 4.99 Å². The van der Waals surface area contributed by atoms with Gasteiger partial charge >= 0.3 is 0 Å². The van der Waals surface area contributed by atoms with Crippen molar-refractivity contribution < 1.29 is 8.42 Å². The molecule has 0 aromatic carbocycles. The van der Waals surface area contributed by atoms with Gasteiger partial charge in [-0.05, 0) is 32.6 Å². The van der Waals surface area contributed by atoms with Crippen molar-refractivity contribution in [3.05, 3.63) is 0 Å². The molecule has 0 aromatic heterocycles. The van der Waals surface area contributed by atoms with Crippen LogP contribution in [-0.4, -0.2) is 68.6 Å². The zero-order valence-electron chi connectivity index (χ0n) is 15.4. The molecular weight excluding hydrogens is 312 g/mol. The van der Waals surface area contributed by atoms with E-state index in [4.69, 9.17) is 0 Å². The van der Waals surface area contributed by atoms with Crippen molar-refractivity contribution in [1.82, 2.24) is 14.5 Å². The predicted octanol–water partition coefficient (Wildman–Crippen LogP) is 1.35. The van der Waals surface area contributed by atoms with Gasteiger partial charge in [0, 0.05) is 44.2 Å². The van der Waals surface area contributed by atoms with Crippen LogP contribution < -0.4 is 5.32 Å². The Bertz CT molecular complexity index is 561. The Labute approximate surface area is 141 Å². The largest absolute Gasteiger partial charge is 0.356 e. The van der Waals surface area contributed by atoms with E-state index in [9.17, 15) is 8.42 Å². The van der Waals surface area contributed by atoms with Crippen molar-refractivity contribution in [2.24, 2.45) is 16.3 Å². The molecule has 2 aliphatic heterocycles. The number of hydrogen-bond acceptors (Lipinski definition) is 3. The van der Waals surface area contributed by atoms with Crippen molar-refractivity contribution in [1.29, 1.82) is 0 Å². The van der Waals surface area contributed by atoms with Crippen molar-refractivity contribution in [2.75, 3.05) is 39.5 Å². The lowest BCUT2D eigenvalue weighted by atomic mass is 9.65. The number of aliphatic imine (C=N–C) groups is 1. The minimum absolute atomic E-state index is 0.0918. The first-order chi connectivity index (χ1) is 10.5. The second kappa shape index (κ2) is 6.24. The standard InChI is InChI=1S/C16H32N4O2S/c1-15(2)12-20(16(15,3)4)14(17-5)18-11-13-7-9-19(10-8-13)23(6,21)22/h13H,7-12H2,1-6H3,(H,17,18). The summed E-state index contributed by atoms with van der Waals surface area (Å²) < 4.78 is 24.7. The fourth-order valence-electron chi connectivity index (χ4n) is 3.38. The molecule has 7 heteroatoms. The van der Waals surface area contributed by atoms with Gasteiger partial charge in [-0.3, -0.25) is 4.99 Å². The second-order valence-corrected chi connectivity index (χ2v) is 10.0. The fraction of sp³-hybridized carbons (Fsp3) is 0.938. The Balaban J connectivity index is 1.85. The van der Waals surface area contributed by atoms with Crippen LogP contribution in [0.25, 0.3) is 0 Å². The number of rotatable bonds is 3. The molecule has 0 saturated carbocycles. The first-order valence-electron chi connectivity index (χ1n) is 8.42. The molecule has 2 rings (SSSR count). The lowest BCUT2D eigenvalue weighted by molar-refractivity contribution is -0.0668. The molecule has 0 spiro atoms. The van der Waals surface area contributed by atoms with Crippen LogP contribution >= 0.6 is 0 Å². The van der Waals surface area contributed by atoms with Gasteiger partial charge in [0.25, 0.3) is 0 Å². The predicted molar refractivity (Wildman–Crippen MR) is 95.1 cm³/mol. The van der Waals surface area contributed by atoms with Crippen LogP contribution in [0.1, 0.15) is 40.5 Å². The zero-order chi connectivity index (χ0) is 17.5. The molecule has 0 aliphatic carbocycles. The van der Waals surface area contributed by atoms with Crippen LogP contribution in [0, 0.1) is 11.3 Å². The van der Waals surface area contributed by atoms with Crippen LogP contribution in [-0.2, 0) is 10.0 Å². The maximum absolute atomic E-state index is 11.6. The van der Waals surface area contributed by atoms with E-state index in [-0.39, 0.29) is 11.0 Å². The number of piperidine rings is 1. The Morgan fingerprint density at radius 2 is 1.78 bits per heavy atom. The van der Waals surface area contributed by atoms with Gasteiger partial charge in [-0.25, -0.2) is 12.7 Å². The number of guanidine groups is 1. The Kier molecular flexibility index (Phi) is 5.02. The normalized spacial score (nSPS) is 26.0. The smallest absolute Gasteiger partial charge is 0.211 e. The van der Waals surface area contributed by atoms with Gasteiger partial charge < -0.3 is 10.2 Å². The lowest BCUT2D eigenvalue weighted by Crippen LogP contribution is -2.72. The third-order valence-electron chi connectivity index (χ3n) is 5.94. The molecule has 0 atom stereocenters. The number of nitrogens with zero attached hydrogens (tertiary/aromatic N) is 3. The SMILES string of the molecule is CN=C(NCC1CCN(S(C)(=O)=O)CC1)N1CC(C)(C)C1(C)C. The molecule has 2 fully saturated rings. The van der Waals surface area contributed by atoms with Crippen molar-refractivity contribution >= 4 is 16.0 Å². The van der Waals surface area contributed by atoms with Crippen molar-refractivity contribution in [3.8, 4) is 0 Å². The van der Waals surface area contributed by atoms with Gasteiger partial charge in [-0.2, -0.15) is 0 Å². The van der Waals surface area contributed by atoms with E-state index in [1.807, 2.05) is 7.05 Å². The van der Waals surface area contributed by atoms with Crippen LogP contribution in [0.3, 0.4) is 0 Å². The molecule has 0 unspecified atom stereocenters. The van der Waals surface area contributed by atoms with E-state index in [2.05, 4.69) is 42.9 Å². The molecule has 0 bridgehead atoms. The number of nitrogens with one attached hydrogen (secondary N) is 1. The molecule has 0 amide bonds. The van der Waals surface area contributed by atoms with Crippen molar-refractivity contribution in [3.63, 3.8) is 0 Å². The van der Waals surface area contributed by atoms with Crippen LogP contribution in [0.5, 0.6) is 0 Å². The zero-order valence-corrected chi connectivity index (χ0v) is 16.2. The summed E-state index contributed by atoms with van der Waals surface area (Å²) in [5.74, 6) is 1.46. The maximum Gasteiger partial charge on any atom is 0.211 e. The third-order valence-corrected chi connectivity index (χ3v) is 7.25. The highest BCUT2D eigenvalue weighted by atomic mass is 32.2. The first-order valence-corrected chi connectivity index (χ1v) is 10.3. The van der Waals surface area contributed by atoms with Gasteiger partial charge in [-0.1, -0.05) is 13.8 Å². The molecule has 134 valence electrons. The monoisotopic (exact) mass is 344 g/mol. The third kappa shape index (κ3) is 3.65. The minimum atomic E-state index is -3.04.